The van der Waals surface area contributed by atoms with Crippen LogP contribution in [0.15, 0.2) is 24.3 Å². The van der Waals surface area contributed by atoms with Gasteiger partial charge in [-0.1, -0.05) is 12.1 Å². The lowest BCUT2D eigenvalue weighted by Crippen LogP contribution is -2.57. The number of fused-ring (bicyclic) bond motifs is 1. The first kappa shape index (κ1) is 19.9. The molecule has 26 heavy (non-hydrogen) atoms. The van der Waals surface area contributed by atoms with E-state index in [2.05, 4.69) is 5.32 Å². The van der Waals surface area contributed by atoms with Gasteiger partial charge in [-0.05, 0) is 46.8 Å². The van der Waals surface area contributed by atoms with Crippen molar-refractivity contribution in [3.63, 3.8) is 0 Å². The minimum Gasteiger partial charge on any atom is -0.486 e. The summed E-state index contributed by atoms with van der Waals surface area (Å²) in [5.41, 5.74) is -1.74. The van der Waals surface area contributed by atoms with Gasteiger partial charge in [-0.3, -0.25) is 4.79 Å². The molecular weight excluding hydrogens is 336 g/mol. The maximum atomic E-state index is 12.7. The lowest BCUT2D eigenvalue weighted by molar-refractivity contribution is -0.137. The van der Waals surface area contributed by atoms with Gasteiger partial charge in [-0.25, -0.2) is 4.79 Å². The van der Waals surface area contributed by atoms with Crippen LogP contribution in [0.3, 0.4) is 0 Å². The molecule has 1 heterocycles. The fourth-order valence-corrected chi connectivity index (χ4v) is 2.63. The summed E-state index contributed by atoms with van der Waals surface area (Å²) in [6, 6.07) is 7.42. The van der Waals surface area contributed by atoms with Crippen molar-refractivity contribution >= 4 is 12.0 Å². The number of carbonyl (C=O) groups excluding carboxylic acids is 2. The van der Waals surface area contributed by atoms with E-state index in [0.717, 1.165) is 0 Å². The molecule has 0 aromatic heterocycles. The van der Waals surface area contributed by atoms with Gasteiger partial charge in [-0.2, -0.15) is 0 Å². The molecule has 0 radical (unpaired) electrons. The number of alkyl carbamates (subject to hydrolysis) is 1. The standard InChI is InChI=1S/C19H28N2O5/c1-18(2,3)26-17(23)20-19(4,5)16(22)21(6)11-13-12-24-14-9-7-8-10-15(14)25-13/h7-10,13H,11-12H2,1-6H3,(H,20,23)/t13-/m0/s1. The largest absolute Gasteiger partial charge is 0.486 e. The number of carbonyl (C=O) groups is 2. The second kappa shape index (κ2) is 7.43. The molecule has 1 N–H and O–H groups in total. The van der Waals surface area contributed by atoms with Gasteiger partial charge < -0.3 is 24.4 Å². The van der Waals surface area contributed by atoms with Crippen LogP contribution in [-0.4, -0.2) is 54.3 Å². The molecule has 0 spiro atoms. The first-order valence-corrected chi connectivity index (χ1v) is 8.63. The van der Waals surface area contributed by atoms with Crippen molar-refractivity contribution in [1.29, 1.82) is 0 Å². The van der Waals surface area contributed by atoms with Crippen molar-refractivity contribution in [2.75, 3.05) is 20.2 Å². The number of hydrogen-bond donors (Lipinski definition) is 1. The molecular formula is C19H28N2O5. The van der Waals surface area contributed by atoms with Crippen LogP contribution < -0.4 is 14.8 Å². The van der Waals surface area contributed by atoms with Crippen LogP contribution in [0.1, 0.15) is 34.6 Å². The molecule has 0 bridgehead atoms. The van der Waals surface area contributed by atoms with Crippen LogP contribution in [-0.2, 0) is 9.53 Å². The summed E-state index contributed by atoms with van der Waals surface area (Å²) >= 11 is 0. The molecule has 2 rings (SSSR count). The number of likely N-dealkylation sites (N-methyl/N-ethyl adjacent to an activating group) is 1. The molecule has 1 aromatic rings. The monoisotopic (exact) mass is 364 g/mol. The summed E-state index contributed by atoms with van der Waals surface area (Å²) in [5.74, 6) is 1.12. The molecule has 0 fully saturated rings. The first-order valence-electron chi connectivity index (χ1n) is 8.63. The Labute approximate surface area is 154 Å². The molecule has 1 atom stereocenters. The van der Waals surface area contributed by atoms with Crippen LogP contribution in [0.5, 0.6) is 11.5 Å². The van der Waals surface area contributed by atoms with E-state index in [9.17, 15) is 9.59 Å². The topological polar surface area (TPSA) is 77.1 Å². The zero-order valence-corrected chi connectivity index (χ0v) is 16.3. The highest BCUT2D eigenvalue weighted by Crippen LogP contribution is 2.31. The van der Waals surface area contributed by atoms with Gasteiger partial charge in [0.1, 0.15) is 17.7 Å². The molecule has 1 aliphatic rings. The predicted octanol–water partition coefficient (Wildman–Crippen LogP) is 2.59. The van der Waals surface area contributed by atoms with Crippen LogP contribution in [0, 0.1) is 0 Å². The van der Waals surface area contributed by atoms with Crippen LogP contribution in [0.2, 0.25) is 0 Å². The van der Waals surface area contributed by atoms with Gasteiger partial charge in [0.2, 0.25) is 5.91 Å². The number of para-hydroxylation sites is 2. The quantitative estimate of drug-likeness (QED) is 0.889. The van der Waals surface area contributed by atoms with Gasteiger partial charge in [-0.15, -0.1) is 0 Å². The summed E-state index contributed by atoms with van der Waals surface area (Å²) in [6.45, 7) is 9.29. The molecule has 0 unspecified atom stereocenters. The fraction of sp³-hybridized carbons (Fsp3) is 0.579. The lowest BCUT2D eigenvalue weighted by Gasteiger charge is -2.34. The van der Waals surface area contributed by atoms with Gasteiger partial charge >= 0.3 is 6.09 Å². The van der Waals surface area contributed by atoms with Crippen molar-refractivity contribution in [2.45, 2.75) is 51.9 Å². The summed E-state index contributed by atoms with van der Waals surface area (Å²) < 4.78 is 16.8. The highest BCUT2D eigenvalue weighted by atomic mass is 16.6. The molecule has 0 saturated carbocycles. The average molecular weight is 364 g/mol. The Hall–Kier alpha value is -2.44. The van der Waals surface area contributed by atoms with Crippen LogP contribution >= 0.6 is 0 Å². The number of hydrogen-bond acceptors (Lipinski definition) is 5. The zero-order chi connectivity index (χ0) is 19.5. The van der Waals surface area contributed by atoms with Crippen molar-refractivity contribution < 1.29 is 23.8 Å². The number of benzene rings is 1. The van der Waals surface area contributed by atoms with Gasteiger partial charge in [0, 0.05) is 7.05 Å². The lowest BCUT2D eigenvalue weighted by atomic mass is 10.0. The Balaban J connectivity index is 1.93. The van der Waals surface area contributed by atoms with Gasteiger partial charge in [0.25, 0.3) is 0 Å². The summed E-state index contributed by atoms with van der Waals surface area (Å²) in [4.78, 5) is 26.3. The molecule has 1 aromatic carbocycles. The number of ether oxygens (including phenoxy) is 3. The zero-order valence-electron chi connectivity index (χ0n) is 16.3. The van der Waals surface area contributed by atoms with Crippen molar-refractivity contribution in [3.05, 3.63) is 24.3 Å². The van der Waals surface area contributed by atoms with E-state index < -0.39 is 17.2 Å². The maximum absolute atomic E-state index is 12.7. The van der Waals surface area contributed by atoms with Gasteiger partial charge in [0.15, 0.2) is 17.6 Å². The smallest absolute Gasteiger partial charge is 0.408 e. The number of rotatable bonds is 4. The summed E-state index contributed by atoms with van der Waals surface area (Å²) in [5, 5.41) is 2.62. The molecule has 0 aliphatic carbocycles. The van der Waals surface area contributed by atoms with E-state index in [1.165, 1.54) is 4.90 Å². The predicted molar refractivity (Wildman–Crippen MR) is 97.4 cm³/mol. The fourth-order valence-electron chi connectivity index (χ4n) is 2.63. The average Bonchev–Trinajstić information content (AvgIpc) is 2.51. The molecule has 2 amide bonds. The highest BCUT2D eigenvalue weighted by molar-refractivity contribution is 5.89. The minimum atomic E-state index is -1.11. The molecule has 1 aliphatic heterocycles. The summed E-state index contributed by atoms with van der Waals surface area (Å²) in [6.07, 6.45) is -0.911. The van der Waals surface area contributed by atoms with Crippen LogP contribution in [0.4, 0.5) is 4.79 Å². The van der Waals surface area contributed by atoms with E-state index in [-0.39, 0.29) is 12.0 Å². The number of nitrogens with one attached hydrogen (secondary N) is 1. The third kappa shape index (κ3) is 5.28. The van der Waals surface area contributed by atoms with Crippen molar-refractivity contribution in [2.24, 2.45) is 0 Å². The van der Waals surface area contributed by atoms with E-state index in [1.54, 1.807) is 41.7 Å². The minimum absolute atomic E-state index is 0.245. The Morgan fingerprint density at radius 3 is 2.42 bits per heavy atom. The van der Waals surface area contributed by atoms with Crippen molar-refractivity contribution in [1.82, 2.24) is 10.2 Å². The van der Waals surface area contributed by atoms with E-state index >= 15 is 0 Å². The number of amides is 2. The maximum Gasteiger partial charge on any atom is 0.408 e. The second-order valence-electron chi connectivity index (χ2n) is 7.94. The highest BCUT2D eigenvalue weighted by Gasteiger charge is 2.35. The molecule has 7 heteroatoms. The molecule has 144 valence electrons. The van der Waals surface area contributed by atoms with Crippen molar-refractivity contribution in [3.8, 4) is 11.5 Å². The third-order valence-electron chi connectivity index (χ3n) is 3.74. The van der Waals surface area contributed by atoms with Gasteiger partial charge in [0.05, 0.1) is 6.54 Å². The Morgan fingerprint density at radius 2 is 1.81 bits per heavy atom. The Bertz CT molecular complexity index is 666. The number of nitrogens with zero attached hydrogens (tertiary/aromatic N) is 1. The second-order valence-corrected chi connectivity index (χ2v) is 7.94. The molecule has 0 saturated heterocycles. The summed E-state index contributed by atoms with van der Waals surface area (Å²) in [7, 11) is 1.67. The van der Waals surface area contributed by atoms with E-state index in [1.807, 2.05) is 24.3 Å². The van der Waals surface area contributed by atoms with E-state index in [0.29, 0.717) is 24.7 Å². The normalized spacial score (nSPS) is 16.6. The SMILES string of the molecule is CN(C[C@H]1COc2ccccc2O1)C(=O)C(C)(C)NC(=O)OC(C)(C)C. The third-order valence-corrected chi connectivity index (χ3v) is 3.74. The Morgan fingerprint density at radius 1 is 1.19 bits per heavy atom. The van der Waals surface area contributed by atoms with Crippen LogP contribution in [0.25, 0.3) is 0 Å². The molecule has 7 nitrogen and oxygen atoms in total. The Kier molecular flexibility index (Phi) is 5.68. The van der Waals surface area contributed by atoms with E-state index in [4.69, 9.17) is 14.2 Å². The first-order chi connectivity index (χ1) is 12.0.